The highest BCUT2D eigenvalue weighted by molar-refractivity contribution is 4.35. The Morgan fingerprint density at radius 3 is 2.33 bits per heavy atom. The second-order valence-corrected chi connectivity index (χ2v) is 1.90. The van der Waals surface area contributed by atoms with E-state index in [1.165, 1.54) is 0 Å². The van der Waals surface area contributed by atoms with Crippen LogP contribution in [0.3, 0.4) is 0 Å². The van der Waals surface area contributed by atoms with Crippen LogP contribution < -0.4 is 0 Å². The van der Waals surface area contributed by atoms with Gasteiger partial charge in [-0.05, 0) is 19.8 Å². The molecule has 0 rings (SSSR count). The molecule has 0 aromatic heterocycles. The highest BCUT2D eigenvalue weighted by Crippen LogP contribution is 1.89. The molecule has 0 N–H and O–H groups in total. The van der Waals surface area contributed by atoms with Crippen molar-refractivity contribution >= 4 is 0 Å². The average Bonchev–Trinajstić information content (AvgIpc) is 1.89. The summed E-state index contributed by atoms with van der Waals surface area (Å²) in [5.74, 6) is 0. The zero-order valence-electron chi connectivity index (χ0n) is 6.35. The van der Waals surface area contributed by atoms with Gasteiger partial charge in [-0.2, -0.15) is 0 Å². The first kappa shape index (κ1) is 8.92. The molecule has 0 atom stereocenters. The van der Waals surface area contributed by atoms with E-state index < -0.39 is 0 Å². The molecule has 0 bridgehead atoms. The van der Waals surface area contributed by atoms with Crippen LogP contribution in [-0.4, -0.2) is 26.9 Å². The van der Waals surface area contributed by atoms with E-state index in [9.17, 15) is 0 Å². The summed E-state index contributed by atoms with van der Waals surface area (Å²) in [6.07, 6.45) is 2.22. The summed E-state index contributed by atoms with van der Waals surface area (Å²) in [4.78, 5) is 0. The molecule has 0 saturated carbocycles. The molecule has 0 spiro atoms. The lowest BCUT2D eigenvalue weighted by molar-refractivity contribution is 0.129. The molecule has 0 aliphatic heterocycles. The van der Waals surface area contributed by atoms with Crippen molar-refractivity contribution in [1.82, 2.24) is 0 Å². The molecule has 0 aliphatic carbocycles. The van der Waals surface area contributed by atoms with Gasteiger partial charge in [0.15, 0.2) is 0 Å². The van der Waals surface area contributed by atoms with Gasteiger partial charge in [0.2, 0.25) is 0 Å². The minimum absolute atomic E-state index is 0.826. The maximum atomic E-state index is 5.12. The lowest BCUT2D eigenvalue weighted by Crippen LogP contribution is -1.95. The van der Waals surface area contributed by atoms with Gasteiger partial charge >= 0.3 is 0 Å². The molecule has 0 aromatic rings. The van der Waals surface area contributed by atoms with Crippen LogP contribution in [0.15, 0.2) is 0 Å². The van der Waals surface area contributed by atoms with Crippen molar-refractivity contribution in [3.63, 3.8) is 0 Å². The van der Waals surface area contributed by atoms with Crippen LogP contribution in [0.5, 0.6) is 0 Å². The molecule has 9 heavy (non-hydrogen) atoms. The molecule has 0 unspecified atom stereocenters. The zero-order valence-corrected chi connectivity index (χ0v) is 6.35. The SMILES string of the molecule is CCOCCCCOC. The first-order valence-electron chi connectivity index (χ1n) is 3.48. The van der Waals surface area contributed by atoms with E-state index in [2.05, 4.69) is 0 Å². The molecule has 0 fully saturated rings. The van der Waals surface area contributed by atoms with Gasteiger partial charge in [0.1, 0.15) is 0 Å². The van der Waals surface area contributed by atoms with Crippen molar-refractivity contribution in [3.8, 4) is 0 Å². The molecule has 0 aromatic carbocycles. The normalized spacial score (nSPS) is 10.0. The fraction of sp³-hybridized carbons (Fsp3) is 1.00. The summed E-state index contributed by atoms with van der Waals surface area (Å²) in [6, 6.07) is 0. The van der Waals surface area contributed by atoms with Crippen molar-refractivity contribution < 1.29 is 9.47 Å². The third-order valence-electron chi connectivity index (χ3n) is 1.09. The Kier molecular flexibility index (Phi) is 7.85. The van der Waals surface area contributed by atoms with Crippen molar-refractivity contribution in [2.45, 2.75) is 19.8 Å². The fourth-order valence-electron chi connectivity index (χ4n) is 0.595. The largest absolute Gasteiger partial charge is 0.385 e. The zero-order chi connectivity index (χ0) is 6.95. The fourth-order valence-corrected chi connectivity index (χ4v) is 0.595. The monoisotopic (exact) mass is 132 g/mol. The number of rotatable bonds is 6. The predicted molar refractivity (Wildman–Crippen MR) is 37.6 cm³/mol. The van der Waals surface area contributed by atoms with E-state index in [0.717, 1.165) is 32.7 Å². The summed E-state index contributed by atoms with van der Waals surface area (Å²) in [5.41, 5.74) is 0. The van der Waals surface area contributed by atoms with Gasteiger partial charge in [-0.15, -0.1) is 0 Å². The Balaban J connectivity index is 2.60. The van der Waals surface area contributed by atoms with E-state index in [1.54, 1.807) is 7.11 Å². The average molecular weight is 132 g/mol. The number of hydrogen-bond donors (Lipinski definition) is 0. The summed E-state index contributed by atoms with van der Waals surface area (Å²) in [5, 5.41) is 0. The van der Waals surface area contributed by atoms with Crippen LogP contribution in [-0.2, 0) is 9.47 Å². The molecule has 0 saturated heterocycles. The third kappa shape index (κ3) is 7.92. The van der Waals surface area contributed by atoms with Gasteiger partial charge in [-0.3, -0.25) is 0 Å². The molecule has 2 nitrogen and oxygen atoms in total. The first-order chi connectivity index (χ1) is 4.41. The lowest BCUT2D eigenvalue weighted by Gasteiger charge is -1.99. The van der Waals surface area contributed by atoms with Gasteiger partial charge < -0.3 is 9.47 Å². The van der Waals surface area contributed by atoms with Crippen LogP contribution in [0.2, 0.25) is 0 Å². The highest BCUT2D eigenvalue weighted by atomic mass is 16.5. The number of hydrogen-bond acceptors (Lipinski definition) is 2. The number of methoxy groups -OCH3 is 1. The van der Waals surface area contributed by atoms with Gasteiger partial charge in [0.05, 0.1) is 0 Å². The van der Waals surface area contributed by atoms with Gasteiger partial charge in [0, 0.05) is 26.9 Å². The molecule has 0 heterocycles. The molecular weight excluding hydrogens is 116 g/mol. The van der Waals surface area contributed by atoms with Crippen molar-refractivity contribution in [1.29, 1.82) is 0 Å². The smallest absolute Gasteiger partial charge is 0.0466 e. The molecule has 2 heteroatoms. The molecule has 0 radical (unpaired) electrons. The summed E-state index contributed by atoms with van der Waals surface area (Å²) in [7, 11) is 1.72. The van der Waals surface area contributed by atoms with Crippen LogP contribution >= 0.6 is 0 Å². The lowest BCUT2D eigenvalue weighted by atomic mass is 10.3. The number of unbranched alkanes of at least 4 members (excludes halogenated alkanes) is 1. The standard InChI is InChI=1S/C7H16O2/c1-3-9-7-5-4-6-8-2/h3-7H2,1-2H3. The van der Waals surface area contributed by atoms with Crippen LogP contribution in [0.4, 0.5) is 0 Å². The molecule has 0 amide bonds. The molecular formula is C7H16O2. The number of ether oxygens (including phenoxy) is 2. The Morgan fingerprint density at radius 1 is 1.11 bits per heavy atom. The van der Waals surface area contributed by atoms with Crippen molar-refractivity contribution in [2.75, 3.05) is 26.9 Å². The van der Waals surface area contributed by atoms with Crippen LogP contribution in [0.1, 0.15) is 19.8 Å². The second kappa shape index (κ2) is 7.92. The summed E-state index contributed by atoms with van der Waals surface area (Å²) in [6.45, 7) is 4.57. The molecule has 0 aliphatic rings. The Bertz CT molecular complexity index is 40.2. The van der Waals surface area contributed by atoms with E-state index in [1.807, 2.05) is 6.92 Å². The minimum Gasteiger partial charge on any atom is -0.385 e. The van der Waals surface area contributed by atoms with E-state index in [-0.39, 0.29) is 0 Å². The van der Waals surface area contributed by atoms with Crippen LogP contribution in [0.25, 0.3) is 0 Å². The van der Waals surface area contributed by atoms with Gasteiger partial charge in [-0.25, -0.2) is 0 Å². The second-order valence-electron chi connectivity index (χ2n) is 1.90. The topological polar surface area (TPSA) is 18.5 Å². The van der Waals surface area contributed by atoms with Crippen molar-refractivity contribution in [3.05, 3.63) is 0 Å². The first-order valence-corrected chi connectivity index (χ1v) is 3.48. The third-order valence-corrected chi connectivity index (χ3v) is 1.09. The van der Waals surface area contributed by atoms with Gasteiger partial charge in [-0.1, -0.05) is 0 Å². The van der Waals surface area contributed by atoms with Gasteiger partial charge in [0.25, 0.3) is 0 Å². The Labute approximate surface area is 57.2 Å². The van der Waals surface area contributed by atoms with Crippen molar-refractivity contribution in [2.24, 2.45) is 0 Å². The quantitative estimate of drug-likeness (QED) is 0.509. The Morgan fingerprint density at radius 2 is 1.78 bits per heavy atom. The summed E-state index contributed by atoms with van der Waals surface area (Å²) < 4.78 is 9.99. The maximum Gasteiger partial charge on any atom is 0.0466 e. The minimum atomic E-state index is 0.826. The molecule has 56 valence electrons. The van der Waals surface area contributed by atoms with E-state index in [4.69, 9.17) is 9.47 Å². The maximum absolute atomic E-state index is 5.12. The Hall–Kier alpha value is -0.0800. The predicted octanol–water partition coefficient (Wildman–Crippen LogP) is 1.45. The summed E-state index contributed by atoms with van der Waals surface area (Å²) >= 11 is 0. The van der Waals surface area contributed by atoms with Crippen LogP contribution in [0, 0.1) is 0 Å². The van der Waals surface area contributed by atoms with E-state index in [0.29, 0.717) is 0 Å². The van der Waals surface area contributed by atoms with E-state index >= 15 is 0 Å². The highest BCUT2D eigenvalue weighted by Gasteiger charge is 1.85.